The third-order valence-electron chi connectivity index (χ3n) is 3.37. The van der Waals surface area contributed by atoms with E-state index in [-0.39, 0.29) is 5.82 Å². The lowest BCUT2D eigenvalue weighted by atomic mass is 10.1. The predicted molar refractivity (Wildman–Crippen MR) is 90.1 cm³/mol. The number of nitrogens with two attached hydrogens (primary N) is 2. The smallest absolute Gasteiger partial charge is 0.248 e. The zero-order chi connectivity index (χ0) is 17.1. The van der Waals surface area contributed by atoms with Gasteiger partial charge in [0.15, 0.2) is 5.82 Å². The average Bonchev–Trinajstić information content (AvgIpc) is 2.95. The van der Waals surface area contributed by atoms with Gasteiger partial charge in [0.2, 0.25) is 11.1 Å². The summed E-state index contributed by atoms with van der Waals surface area (Å²) in [5.41, 5.74) is 7.35. The highest BCUT2D eigenvalue weighted by molar-refractivity contribution is 7.98. The van der Waals surface area contributed by atoms with Crippen LogP contribution in [0.3, 0.4) is 0 Å². The van der Waals surface area contributed by atoms with Crippen molar-refractivity contribution in [2.75, 3.05) is 5.84 Å². The van der Waals surface area contributed by atoms with Gasteiger partial charge >= 0.3 is 0 Å². The second-order valence-electron chi connectivity index (χ2n) is 5.03. The second-order valence-corrected chi connectivity index (χ2v) is 5.98. The highest BCUT2D eigenvalue weighted by Crippen LogP contribution is 2.24. The number of aromatic nitrogens is 3. The zero-order valence-electron chi connectivity index (χ0n) is 12.5. The fourth-order valence-electron chi connectivity index (χ4n) is 2.08. The van der Waals surface area contributed by atoms with Gasteiger partial charge in [0.05, 0.1) is 0 Å². The summed E-state index contributed by atoms with van der Waals surface area (Å²) >= 11 is 1.41. The Kier molecular flexibility index (Phi) is 4.48. The van der Waals surface area contributed by atoms with Crippen molar-refractivity contribution >= 4 is 17.7 Å². The van der Waals surface area contributed by atoms with Gasteiger partial charge in [-0.05, 0) is 42.0 Å². The number of halogens is 1. The maximum absolute atomic E-state index is 13.0. The molecule has 122 valence electrons. The molecule has 0 unspecified atom stereocenters. The lowest BCUT2D eigenvalue weighted by Crippen LogP contribution is -2.11. The number of carbonyl (C=O) groups excluding carboxylic acids is 1. The largest absolute Gasteiger partial charge is 0.366 e. The number of thioether (sulfide) groups is 1. The van der Waals surface area contributed by atoms with E-state index >= 15 is 0 Å². The maximum Gasteiger partial charge on any atom is 0.248 e. The Hall–Kier alpha value is -2.87. The SMILES string of the molecule is NC(=O)c1ccc(CSc2nnc(-c3ccc(F)cc3)n2N)cc1. The minimum Gasteiger partial charge on any atom is -0.366 e. The summed E-state index contributed by atoms with van der Waals surface area (Å²) in [6.07, 6.45) is 0. The molecular weight excluding hydrogens is 329 g/mol. The molecule has 0 aliphatic rings. The van der Waals surface area contributed by atoms with Crippen LogP contribution in [0.2, 0.25) is 0 Å². The van der Waals surface area contributed by atoms with Crippen molar-refractivity contribution in [1.29, 1.82) is 0 Å². The van der Waals surface area contributed by atoms with Crippen LogP contribution in [-0.4, -0.2) is 20.8 Å². The van der Waals surface area contributed by atoms with Crippen LogP contribution >= 0.6 is 11.8 Å². The van der Waals surface area contributed by atoms with Crippen LogP contribution in [0.4, 0.5) is 4.39 Å². The van der Waals surface area contributed by atoms with Gasteiger partial charge < -0.3 is 11.6 Å². The minimum absolute atomic E-state index is 0.323. The van der Waals surface area contributed by atoms with Gasteiger partial charge in [-0.25, -0.2) is 9.07 Å². The first-order valence-corrected chi connectivity index (χ1v) is 8.01. The molecule has 0 saturated heterocycles. The molecule has 0 atom stereocenters. The second kappa shape index (κ2) is 6.71. The third kappa shape index (κ3) is 3.38. The minimum atomic E-state index is -0.458. The van der Waals surface area contributed by atoms with E-state index in [9.17, 15) is 9.18 Å². The number of hydrogen-bond acceptors (Lipinski definition) is 5. The zero-order valence-corrected chi connectivity index (χ0v) is 13.3. The molecule has 3 aromatic rings. The van der Waals surface area contributed by atoms with Gasteiger partial charge in [0, 0.05) is 16.9 Å². The Morgan fingerprint density at radius 1 is 1.08 bits per heavy atom. The number of primary amides is 1. The van der Waals surface area contributed by atoms with Crippen molar-refractivity contribution < 1.29 is 9.18 Å². The number of nitrogen functional groups attached to an aromatic ring is 1. The molecule has 1 aromatic heterocycles. The molecule has 0 spiro atoms. The van der Waals surface area contributed by atoms with Crippen LogP contribution in [0, 0.1) is 5.82 Å². The average molecular weight is 343 g/mol. The summed E-state index contributed by atoms with van der Waals surface area (Å²) in [5, 5.41) is 8.64. The molecule has 1 heterocycles. The topological polar surface area (TPSA) is 99.8 Å². The summed E-state index contributed by atoms with van der Waals surface area (Å²) in [6, 6.07) is 12.9. The molecule has 0 fully saturated rings. The van der Waals surface area contributed by atoms with E-state index < -0.39 is 5.91 Å². The van der Waals surface area contributed by atoms with E-state index in [1.165, 1.54) is 28.6 Å². The van der Waals surface area contributed by atoms with E-state index in [1.54, 1.807) is 24.3 Å². The van der Waals surface area contributed by atoms with Crippen LogP contribution < -0.4 is 11.6 Å². The summed E-state index contributed by atoms with van der Waals surface area (Å²) in [4.78, 5) is 11.1. The number of nitrogens with zero attached hydrogens (tertiary/aromatic N) is 3. The standard InChI is InChI=1S/C16H14FN5OS/c17-13-7-5-12(6-8-13)15-20-21-16(22(15)19)24-9-10-1-3-11(4-2-10)14(18)23/h1-8H,9,19H2,(H2,18,23). The van der Waals surface area contributed by atoms with Crippen LogP contribution in [0.25, 0.3) is 11.4 Å². The molecular formula is C16H14FN5OS. The highest BCUT2D eigenvalue weighted by Gasteiger charge is 2.12. The molecule has 0 aliphatic heterocycles. The number of benzene rings is 2. The molecule has 2 aromatic carbocycles. The van der Waals surface area contributed by atoms with Crippen LogP contribution in [0.15, 0.2) is 53.7 Å². The number of carbonyl (C=O) groups is 1. The van der Waals surface area contributed by atoms with Crippen molar-refractivity contribution in [3.8, 4) is 11.4 Å². The summed E-state index contributed by atoms with van der Waals surface area (Å²) in [7, 11) is 0. The van der Waals surface area contributed by atoms with Crippen LogP contribution in [0.5, 0.6) is 0 Å². The van der Waals surface area contributed by atoms with Crippen molar-refractivity contribution in [3.05, 3.63) is 65.5 Å². The van der Waals surface area contributed by atoms with Gasteiger partial charge in [0.25, 0.3) is 0 Å². The number of hydrogen-bond donors (Lipinski definition) is 2. The molecule has 0 aliphatic carbocycles. The molecule has 24 heavy (non-hydrogen) atoms. The van der Waals surface area contributed by atoms with Gasteiger partial charge in [-0.15, -0.1) is 10.2 Å². The Labute approximate surface area is 141 Å². The molecule has 8 heteroatoms. The Morgan fingerprint density at radius 3 is 2.38 bits per heavy atom. The van der Waals surface area contributed by atoms with E-state index in [2.05, 4.69) is 10.2 Å². The van der Waals surface area contributed by atoms with Gasteiger partial charge in [-0.3, -0.25) is 4.79 Å². The lowest BCUT2D eigenvalue weighted by Gasteiger charge is -2.04. The van der Waals surface area contributed by atoms with E-state index in [4.69, 9.17) is 11.6 Å². The van der Waals surface area contributed by atoms with E-state index in [1.807, 2.05) is 12.1 Å². The monoisotopic (exact) mass is 343 g/mol. The fraction of sp³-hybridized carbons (Fsp3) is 0.0625. The van der Waals surface area contributed by atoms with Crippen molar-refractivity contribution in [2.24, 2.45) is 5.73 Å². The fourth-order valence-corrected chi connectivity index (χ4v) is 2.90. The molecule has 1 amide bonds. The molecule has 0 radical (unpaired) electrons. The van der Waals surface area contributed by atoms with E-state index in [0.29, 0.717) is 27.9 Å². The molecule has 0 saturated carbocycles. The maximum atomic E-state index is 13.0. The molecule has 3 rings (SSSR count). The van der Waals surface area contributed by atoms with Gasteiger partial charge in [0.1, 0.15) is 5.82 Å². The first kappa shape index (κ1) is 16.0. The molecule has 0 bridgehead atoms. The van der Waals surface area contributed by atoms with Crippen molar-refractivity contribution in [1.82, 2.24) is 14.9 Å². The van der Waals surface area contributed by atoms with Crippen molar-refractivity contribution in [3.63, 3.8) is 0 Å². The first-order valence-electron chi connectivity index (χ1n) is 7.02. The van der Waals surface area contributed by atoms with E-state index in [0.717, 1.165) is 5.56 Å². The third-order valence-corrected chi connectivity index (χ3v) is 4.39. The van der Waals surface area contributed by atoms with Crippen LogP contribution in [-0.2, 0) is 5.75 Å². The molecule has 6 nitrogen and oxygen atoms in total. The predicted octanol–water partition coefficient (Wildman–Crippen LogP) is 2.19. The van der Waals surface area contributed by atoms with Crippen LogP contribution in [0.1, 0.15) is 15.9 Å². The normalized spacial score (nSPS) is 10.7. The summed E-state index contributed by atoms with van der Waals surface area (Å²) in [6.45, 7) is 0. The first-order chi connectivity index (χ1) is 11.5. The van der Waals surface area contributed by atoms with Crippen molar-refractivity contribution in [2.45, 2.75) is 10.9 Å². The Morgan fingerprint density at radius 2 is 1.75 bits per heavy atom. The molecule has 4 N–H and O–H groups in total. The number of rotatable bonds is 5. The quantitative estimate of drug-likeness (QED) is 0.546. The number of amides is 1. The summed E-state index contributed by atoms with van der Waals surface area (Å²) in [5.74, 6) is 6.30. The van der Waals surface area contributed by atoms with Gasteiger partial charge in [-0.1, -0.05) is 23.9 Å². The van der Waals surface area contributed by atoms with Gasteiger partial charge in [-0.2, -0.15) is 0 Å². The highest BCUT2D eigenvalue weighted by atomic mass is 32.2. The lowest BCUT2D eigenvalue weighted by molar-refractivity contribution is 0.100. The Balaban J connectivity index is 1.72. The Bertz CT molecular complexity index is 861. The summed E-state index contributed by atoms with van der Waals surface area (Å²) < 4.78 is 14.4.